The van der Waals surface area contributed by atoms with E-state index in [1.54, 1.807) is 6.07 Å². The van der Waals surface area contributed by atoms with Crippen LogP contribution in [0.15, 0.2) is 65.1 Å². The summed E-state index contributed by atoms with van der Waals surface area (Å²) in [5.74, 6) is 1.27. The van der Waals surface area contributed by atoms with Crippen molar-refractivity contribution in [3.63, 3.8) is 0 Å². The Bertz CT molecular complexity index is 1510. The van der Waals surface area contributed by atoms with Crippen LogP contribution in [-0.2, 0) is 15.6 Å². The maximum absolute atomic E-state index is 13.6. The molecule has 3 saturated heterocycles. The van der Waals surface area contributed by atoms with Gasteiger partial charge in [-0.2, -0.15) is 0 Å². The summed E-state index contributed by atoms with van der Waals surface area (Å²) in [5.41, 5.74) is 1.34. The molecule has 7 nitrogen and oxygen atoms in total. The molecule has 9 heteroatoms. The van der Waals surface area contributed by atoms with Gasteiger partial charge in [0.2, 0.25) is 5.91 Å². The molecule has 3 fully saturated rings. The molecule has 0 bridgehead atoms. The maximum atomic E-state index is 13.6. The highest BCUT2D eigenvalue weighted by atomic mass is 35.5. The van der Waals surface area contributed by atoms with E-state index in [9.17, 15) is 9.59 Å². The summed E-state index contributed by atoms with van der Waals surface area (Å²) in [6.45, 7) is 10.7. The monoisotopic (exact) mass is 636 g/mol. The number of piperidine rings is 1. The van der Waals surface area contributed by atoms with Gasteiger partial charge in [-0.1, -0.05) is 68.2 Å². The van der Waals surface area contributed by atoms with Crippen LogP contribution in [0.1, 0.15) is 74.8 Å². The number of furan rings is 1. The first-order valence-corrected chi connectivity index (χ1v) is 16.4. The summed E-state index contributed by atoms with van der Waals surface area (Å²) in [6, 6.07) is 19.8. The van der Waals surface area contributed by atoms with E-state index in [0.29, 0.717) is 35.6 Å². The van der Waals surface area contributed by atoms with Crippen molar-refractivity contribution < 1.29 is 14.0 Å². The molecule has 3 aromatic rings. The third-order valence-corrected chi connectivity index (χ3v) is 10.7. The van der Waals surface area contributed by atoms with Crippen LogP contribution in [-0.4, -0.2) is 66.5 Å². The van der Waals surface area contributed by atoms with Crippen LogP contribution in [0, 0.1) is 0 Å². The van der Waals surface area contributed by atoms with Crippen LogP contribution in [0.2, 0.25) is 10.0 Å². The number of para-hydroxylation sites is 1. The number of benzene rings is 2. The van der Waals surface area contributed by atoms with Gasteiger partial charge in [0.15, 0.2) is 5.76 Å². The molecule has 2 aromatic carbocycles. The van der Waals surface area contributed by atoms with Gasteiger partial charge in [0.1, 0.15) is 11.3 Å². The van der Waals surface area contributed by atoms with Gasteiger partial charge in [-0.3, -0.25) is 9.59 Å². The third kappa shape index (κ3) is 5.86. The highest BCUT2D eigenvalue weighted by Gasteiger charge is 2.50. The molecule has 44 heavy (non-hydrogen) atoms. The van der Waals surface area contributed by atoms with Gasteiger partial charge in [0, 0.05) is 42.7 Å². The average molecular weight is 638 g/mol. The molecular weight excluding hydrogens is 595 g/mol. The first-order valence-electron chi connectivity index (χ1n) is 15.7. The van der Waals surface area contributed by atoms with Gasteiger partial charge in [-0.05, 0) is 80.6 Å². The normalized spacial score (nSPS) is 22.2. The van der Waals surface area contributed by atoms with Crippen molar-refractivity contribution in [1.82, 2.24) is 15.1 Å². The van der Waals surface area contributed by atoms with Crippen molar-refractivity contribution in [2.24, 2.45) is 0 Å². The number of nitrogens with zero attached hydrogens (tertiary/aromatic N) is 3. The van der Waals surface area contributed by atoms with E-state index >= 15 is 0 Å². The number of halogens is 2. The molecule has 1 N–H and O–H groups in total. The summed E-state index contributed by atoms with van der Waals surface area (Å²) in [4.78, 5) is 33.3. The lowest BCUT2D eigenvalue weighted by atomic mass is 9.76. The zero-order valence-corrected chi connectivity index (χ0v) is 27.4. The fraction of sp³-hybridized carbons (Fsp3) is 0.486. The fourth-order valence-electron chi connectivity index (χ4n) is 7.29. The number of hydrogen-bond acceptors (Lipinski definition) is 5. The molecule has 1 unspecified atom stereocenters. The molecule has 234 valence electrons. The molecule has 0 aliphatic carbocycles. The number of nitrogens with one attached hydrogen (secondary N) is 1. The highest BCUT2D eigenvalue weighted by Crippen LogP contribution is 2.42. The average Bonchev–Trinajstić information content (AvgIpc) is 3.75. The first-order chi connectivity index (χ1) is 21.0. The Balaban J connectivity index is 1.13. The van der Waals surface area contributed by atoms with E-state index < -0.39 is 5.54 Å². The fourth-order valence-corrected chi connectivity index (χ4v) is 7.59. The molecule has 2 amide bonds. The topological polar surface area (TPSA) is 69.0 Å². The van der Waals surface area contributed by atoms with Crippen LogP contribution in [0.25, 0.3) is 0 Å². The Morgan fingerprint density at radius 1 is 0.955 bits per heavy atom. The van der Waals surface area contributed by atoms with E-state index in [-0.39, 0.29) is 22.6 Å². The van der Waals surface area contributed by atoms with Crippen LogP contribution < -0.4 is 10.2 Å². The summed E-state index contributed by atoms with van der Waals surface area (Å²) >= 11 is 12.8. The second-order valence-corrected chi connectivity index (χ2v) is 14.5. The molecule has 1 atom stereocenters. The zero-order chi connectivity index (χ0) is 31.1. The number of anilines is 1. The van der Waals surface area contributed by atoms with E-state index in [1.807, 2.05) is 41.3 Å². The van der Waals surface area contributed by atoms with E-state index in [0.717, 1.165) is 68.7 Å². The molecule has 1 aromatic heterocycles. The van der Waals surface area contributed by atoms with Gasteiger partial charge < -0.3 is 24.4 Å². The second-order valence-electron chi connectivity index (χ2n) is 13.7. The molecule has 3 aliphatic heterocycles. The van der Waals surface area contributed by atoms with Crippen molar-refractivity contribution in [2.45, 2.75) is 69.2 Å². The standard InChI is InChI=1S/C35H42Cl2N4O3/c1-33(2,3)30-13-12-29(44-30)31(42)40-21-15-34(23-40,25-10-11-27(36)28(37)22-25)14-7-18-39-19-16-35(17-20-39)32(43)38-24-41(35)26-8-5-4-6-9-26/h4-6,8-13,22H,7,14-21,23-24H2,1-3H3,(H,38,43). The third-order valence-electron chi connectivity index (χ3n) is 9.95. The van der Waals surface area contributed by atoms with Gasteiger partial charge in [-0.15, -0.1) is 0 Å². The van der Waals surface area contributed by atoms with Crippen molar-refractivity contribution in [3.8, 4) is 0 Å². The molecule has 0 saturated carbocycles. The predicted molar refractivity (Wildman–Crippen MR) is 176 cm³/mol. The summed E-state index contributed by atoms with van der Waals surface area (Å²) in [7, 11) is 0. The zero-order valence-electron chi connectivity index (χ0n) is 25.9. The van der Waals surface area contributed by atoms with E-state index in [4.69, 9.17) is 27.6 Å². The number of likely N-dealkylation sites (tertiary alicyclic amines) is 2. The number of rotatable bonds is 7. The van der Waals surface area contributed by atoms with Crippen LogP contribution in [0.4, 0.5) is 5.69 Å². The van der Waals surface area contributed by atoms with Gasteiger partial charge in [0.05, 0.1) is 16.7 Å². The largest absolute Gasteiger partial charge is 0.455 e. The Morgan fingerprint density at radius 3 is 2.39 bits per heavy atom. The summed E-state index contributed by atoms with van der Waals surface area (Å²) in [6.07, 6.45) is 4.33. The Labute approximate surface area is 270 Å². The van der Waals surface area contributed by atoms with Crippen molar-refractivity contribution in [2.75, 3.05) is 44.3 Å². The minimum absolute atomic E-state index is 0.0680. The van der Waals surface area contributed by atoms with E-state index in [1.165, 1.54) is 0 Å². The van der Waals surface area contributed by atoms with E-state index in [2.05, 4.69) is 54.1 Å². The molecule has 0 radical (unpaired) electrons. The summed E-state index contributed by atoms with van der Waals surface area (Å²) in [5, 5.41) is 4.17. The Kier molecular flexibility index (Phi) is 8.50. The highest BCUT2D eigenvalue weighted by molar-refractivity contribution is 6.42. The first kappa shape index (κ1) is 31.0. The molecule has 4 heterocycles. The molecule has 1 spiro atoms. The van der Waals surface area contributed by atoms with Crippen LogP contribution in [0.5, 0.6) is 0 Å². The lowest BCUT2D eigenvalue weighted by Gasteiger charge is -2.43. The molecular formula is C35H42Cl2N4O3. The van der Waals surface area contributed by atoms with Gasteiger partial charge in [-0.25, -0.2) is 0 Å². The molecule has 3 aliphatic rings. The SMILES string of the molecule is CC(C)(C)c1ccc(C(=O)N2CCC(CCCN3CCC4(CC3)C(=O)NCN4c3ccccc3)(c3ccc(Cl)c(Cl)c3)C2)o1. The number of hydrogen-bond donors (Lipinski definition) is 1. The van der Waals surface area contributed by atoms with Crippen molar-refractivity contribution in [1.29, 1.82) is 0 Å². The molecule has 6 rings (SSSR count). The van der Waals surface area contributed by atoms with Crippen LogP contribution in [0.3, 0.4) is 0 Å². The smallest absolute Gasteiger partial charge is 0.289 e. The predicted octanol–water partition coefficient (Wildman–Crippen LogP) is 6.88. The minimum Gasteiger partial charge on any atom is -0.455 e. The van der Waals surface area contributed by atoms with Crippen molar-refractivity contribution in [3.05, 3.63) is 87.8 Å². The Hall–Kier alpha value is -3.00. The van der Waals surface area contributed by atoms with Gasteiger partial charge >= 0.3 is 0 Å². The maximum Gasteiger partial charge on any atom is 0.289 e. The Morgan fingerprint density at radius 2 is 1.70 bits per heavy atom. The number of amides is 2. The lowest BCUT2D eigenvalue weighted by molar-refractivity contribution is -0.125. The van der Waals surface area contributed by atoms with Crippen molar-refractivity contribution >= 4 is 40.7 Å². The lowest BCUT2D eigenvalue weighted by Crippen LogP contribution is -2.56. The quantitative estimate of drug-likeness (QED) is 0.306. The second kappa shape index (κ2) is 12.1. The minimum atomic E-state index is -0.482. The summed E-state index contributed by atoms with van der Waals surface area (Å²) < 4.78 is 6.01. The number of carbonyl (C=O) groups is 2. The van der Waals surface area contributed by atoms with Gasteiger partial charge in [0.25, 0.3) is 5.91 Å². The number of carbonyl (C=O) groups excluding carboxylic acids is 2. The van der Waals surface area contributed by atoms with Crippen LogP contribution >= 0.6 is 23.2 Å².